The van der Waals surface area contributed by atoms with E-state index in [1.165, 1.54) is 18.2 Å². The van der Waals surface area contributed by atoms with Gasteiger partial charge in [-0.15, -0.1) is 0 Å². The number of amides is 2. The van der Waals surface area contributed by atoms with Crippen LogP contribution < -0.4 is 10.6 Å². The fourth-order valence-corrected chi connectivity index (χ4v) is 1.51. The monoisotopic (exact) mass is 262 g/mol. The summed E-state index contributed by atoms with van der Waals surface area (Å²) >= 11 is 0. The molecule has 0 unspecified atom stereocenters. The summed E-state index contributed by atoms with van der Waals surface area (Å²) in [7, 11) is 0. The molecule has 2 rings (SSSR count). The third kappa shape index (κ3) is 4.54. The number of carbonyl (C=O) groups excluding carboxylic acids is 2. The van der Waals surface area contributed by atoms with E-state index in [-0.39, 0.29) is 18.5 Å². The van der Waals surface area contributed by atoms with E-state index in [0.29, 0.717) is 5.56 Å². The average molecular weight is 262 g/mol. The summed E-state index contributed by atoms with van der Waals surface area (Å²) in [6.07, 6.45) is 4.60. The van der Waals surface area contributed by atoms with E-state index in [1.807, 2.05) is 0 Å². The first kappa shape index (κ1) is 13.3. The van der Waals surface area contributed by atoms with Crippen LogP contribution in [0.25, 0.3) is 6.08 Å². The van der Waals surface area contributed by atoms with Crippen molar-refractivity contribution in [1.29, 1.82) is 0 Å². The van der Waals surface area contributed by atoms with Gasteiger partial charge in [0.2, 0.25) is 11.8 Å². The molecule has 0 radical (unpaired) electrons. The number of carbonyl (C=O) groups is 2. The van der Waals surface area contributed by atoms with Crippen molar-refractivity contribution < 1.29 is 14.0 Å². The van der Waals surface area contributed by atoms with Crippen LogP contribution in [0.4, 0.5) is 4.39 Å². The molecule has 2 amide bonds. The SMILES string of the molecule is O=C(/C=C/c1ccccc1F)NCC(=O)NC1CC1. The Bertz CT molecular complexity index is 510. The molecule has 100 valence electrons. The summed E-state index contributed by atoms with van der Waals surface area (Å²) in [4.78, 5) is 22.7. The van der Waals surface area contributed by atoms with Crippen LogP contribution in [-0.2, 0) is 9.59 Å². The van der Waals surface area contributed by atoms with E-state index in [9.17, 15) is 14.0 Å². The first-order chi connectivity index (χ1) is 9.15. The summed E-state index contributed by atoms with van der Waals surface area (Å²) < 4.78 is 13.3. The van der Waals surface area contributed by atoms with E-state index < -0.39 is 11.7 Å². The van der Waals surface area contributed by atoms with E-state index in [1.54, 1.807) is 18.2 Å². The molecule has 0 aliphatic heterocycles. The topological polar surface area (TPSA) is 58.2 Å². The van der Waals surface area contributed by atoms with Gasteiger partial charge in [-0.2, -0.15) is 0 Å². The number of benzene rings is 1. The van der Waals surface area contributed by atoms with Gasteiger partial charge < -0.3 is 10.6 Å². The zero-order chi connectivity index (χ0) is 13.7. The first-order valence-corrected chi connectivity index (χ1v) is 6.15. The Morgan fingerprint density at radius 3 is 2.74 bits per heavy atom. The van der Waals surface area contributed by atoms with Gasteiger partial charge in [-0.05, 0) is 25.0 Å². The maximum atomic E-state index is 13.3. The normalized spacial score (nSPS) is 14.4. The number of nitrogens with one attached hydrogen (secondary N) is 2. The molecule has 0 spiro atoms. The Balaban J connectivity index is 1.77. The molecular weight excluding hydrogens is 247 g/mol. The lowest BCUT2D eigenvalue weighted by atomic mass is 10.2. The molecule has 0 heterocycles. The smallest absolute Gasteiger partial charge is 0.244 e. The minimum absolute atomic E-state index is 0.0586. The van der Waals surface area contributed by atoms with E-state index >= 15 is 0 Å². The van der Waals surface area contributed by atoms with Gasteiger partial charge in [0.25, 0.3) is 0 Å². The summed E-state index contributed by atoms with van der Waals surface area (Å²) in [6, 6.07) is 6.43. The van der Waals surface area contributed by atoms with Crippen molar-refractivity contribution in [3.8, 4) is 0 Å². The lowest BCUT2D eigenvalue weighted by molar-refractivity contribution is -0.124. The highest BCUT2D eigenvalue weighted by Crippen LogP contribution is 2.18. The van der Waals surface area contributed by atoms with Crippen molar-refractivity contribution in [1.82, 2.24) is 10.6 Å². The van der Waals surface area contributed by atoms with Gasteiger partial charge in [0.1, 0.15) is 5.82 Å². The Hall–Kier alpha value is -2.17. The summed E-state index contributed by atoms with van der Waals surface area (Å²) in [5.41, 5.74) is 0.333. The fourth-order valence-electron chi connectivity index (χ4n) is 1.51. The van der Waals surface area contributed by atoms with Gasteiger partial charge in [0, 0.05) is 17.7 Å². The zero-order valence-corrected chi connectivity index (χ0v) is 10.4. The predicted molar refractivity (Wildman–Crippen MR) is 69.6 cm³/mol. The molecule has 1 aromatic carbocycles. The molecule has 5 heteroatoms. The summed E-state index contributed by atoms with van der Waals surface area (Å²) in [6.45, 7) is -0.0586. The second-order valence-corrected chi connectivity index (χ2v) is 4.41. The summed E-state index contributed by atoms with van der Waals surface area (Å²) in [5, 5.41) is 5.20. The highest BCUT2D eigenvalue weighted by molar-refractivity contribution is 5.94. The summed E-state index contributed by atoms with van der Waals surface area (Å²) in [5.74, 6) is -1.01. The third-order valence-corrected chi connectivity index (χ3v) is 2.69. The molecule has 0 bridgehead atoms. The fraction of sp³-hybridized carbons (Fsp3) is 0.286. The second kappa shape index (κ2) is 6.13. The van der Waals surface area contributed by atoms with Crippen molar-refractivity contribution in [3.05, 3.63) is 41.7 Å². The quantitative estimate of drug-likeness (QED) is 0.784. The molecule has 1 saturated carbocycles. The first-order valence-electron chi connectivity index (χ1n) is 6.15. The number of halogens is 1. The average Bonchev–Trinajstić information content (AvgIpc) is 3.19. The largest absolute Gasteiger partial charge is 0.352 e. The van der Waals surface area contributed by atoms with Crippen LogP contribution in [0.3, 0.4) is 0 Å². The number of rotatable bonds is 5. The molecule has 1 aliphatic carbocycles. The number of hydrogen-bond donors (Lipinski definition) is 2. The Morgan fingerprint density at radius 1 is 1.32 bits per heavy atom. The van der Waals surface area contributed by atoms with Crippen molar-refractivity contribution in [3.63, 3.8) is 0 Å². The van der Waals surface area contributed by atoms with Crippen molar-refractivity contribution >= 4 is 17.9 Å². The molecule has 0 saturated heterocycles. The van der Waals surface area contributed by atoms with Crippen molar-refractivity contribution in [2.75, 3.05) is 6.54 Å². The Morgan fingerprint density at radius 2 is 2.05 bits per heavy atom. The van der Waals surface area contributed by atoms with Crippen LogP contribution in [0, 0.1) is 5.82 Å². The molecule has 2 N–H and O–H groups in total. The molecule has 1 fully saturated rings. The van der Waals surface area contributed by atoms with Gasteiger partial charge in [0.15, 0.2) is 0 Å². The molecule has 0 atom stereocenters. The third-order valence-electron chi connectivity index (χ3n) is 2.69. The Labute approximate surface area is 110 Å². The maximum absolute atomic E-state index is 13.3. The van der Waals surface area contributed by atoms with Crippen LogP contribution in [0.15, 0.2) is 30.3 Å². The van der Waals surface area contributed by atoms with Gasteiger partial charge in [-0.1, -0.05) is 18.2 Å². The second-order valence-electron chi connectivity index (χ2n) is 4.41. The lowest BCUT2D eigenvalue weighted by Crippen LogP contribution is -2.37. The van der Waals surface area contributed by atoms with Crippen LogP contribution >= 0.6 is 0 Å². The van der Waals surface area contributed by atoms with Gasteiger partial charge in [-0.25, -0.2) is 4.39 Å². The van der Waals surface area contributed by atoms with E-state index in [0.717, 1.165) is 12.8 Å². The lowest BCUT2D eigenvalue weighted by Gasteiger charge is -2.03. The minimum Gasteiger partial charge on any atom is -0.352 e. The Kier molecular flexibility index (Phi) is 4.28. The highest BCUT2D eigenvalue weighted by atomic mass is 19.1. The number of hydrogen-bond acceptors (Lipinski definition) is 2. The molecular formula is C14H15FN2O2. The van der Waals surface area contributed by atoms with Crippen LogP contribution in [0.5, 0.6) is 0 Å². The molecule has 1 aliphatic rings. The molecule has 19 heavy (non-hydrogen) atoms. The van der Waals surface area contributed by atoms with Crippen molar-refractivity contribution in [2.45, 2.75) is 18.9 Å². The maximum Gasteiger partial charge on any atom is 0.244 e. The van der Waals surface area contributed by atoms with Crippen molar-refractivity contribution in [2.24, 2.45) is 0 Å². The van der Waals surface area contributed by atoms with Gasteiger partial charge in [-0.3, -0.25) is 9.59 Å². The molecule has 1 aromatic rings. The highest BCUT2D eigenvalue weighted by Gasteiger charge is 2.22. The van der Waals surface area contributed by atoms with Crippen LogP contribution in [0.2, 0.25) is 0 Å². The molecule has 4 nitrogen and oxygen atoms in total. The van der Waals surface area contributed by atoms with Gasteiger partial charge in [0.05, 0.1) is 6.54 Å². The van der Waals surface area contributed by atoms with Crippen LogP contribution in [0.1, 0.15) is 18.4 Å². The minimum atomic E-state index is -0.422. The zero-order valence-electron chi connectivity index (χ0n) is 10.4. The van der Waals surface area contributed by atoms with E-state index in [2.05, 4.69) is 10.6 Å². The predicted octanol–water partition coefficient (Wildman–Crippen LogP) is 1.23. The van der Waals surface area contributed by atoms with Gasteiger partial charge >= 0.3 is 0 Å². The molecule has 0 aromatic heterocycles. The van der Waals surface area contributed by atoms with E-state index in [4.69, 9.17) is 0 Å². The standard InChI is InChI=1S/C14H15FN2O2/c15-12-4-2-1-3-10(12)5-8-13(18)16-9-14(19)17-11-6-7-11/h1-5,8,11H,6-7,9H2,(H,16,18)(H,17,19)/b8-5+. The van der Waals surface area contributed by atoms with Crippen LogP contribution in [-0.4, -0.2) is 24.4 Å².